The van der Waals surface area contributed by atoms with E-state index in [2.05, 4.69) is 6.07 Å². The van der Waals surface area contributed by atoms with Crippen LogP contribution in [-0.2, 0) is 4.79 Å². The van der Waals surface area contributed by atoms with Crippen molar-refractivity contribution in [2.24, 2.45) is 5.92 Å². The smallest absolute Gasteiger partial charge is 0.236 e. The zero-order chi connectivity index (χ0) is 9.84. The molecule has 4 nitrogen and oxygen atoms in total. The Hall–Kier alpha value is -1.08. The zero-order valence-corrected chi connectivity index (χ0v) is 8.16. The molecule has 13 heavy (non-hydrogen) atoms. The van der Waals surface area contributed by atoms with Crippen LogP contribution in [0.1, 0.15) is 6.92 Å². The van der Waals surface area contributed by atoms with Crippen LogP contribution in [0, 0.1) is 17.2 Å². The van der Waals surface area contributed by atoms with Crippen LogP contribution in [0.3, 0.4) is 0 Å². The average Bonchev–Trinajstić information content (AvgIpc) is 2.11. The third-order valence-electron chi connectivity index (χ3n) is 2.29. The summed E-state index contributed by atoms with van der Waals surface area (Å²) in [5.41, 5.74) is 0. The van der Waals surface area contributed by atoms with Crippen LogP contribution in [-0.4, -0.2) is 48.9 Å². The predicted molar refractivity (Wildman–Crippen MR) is 48.9 cm³/mol. The van der Waals surface area contributed by atoms with Gasteiger partial charge in [-0.05, 0) is 6.92 Å². The number of hydrogen-bond donors (Lipinski definition) is 0. The van der Waals surface area contributed by atoms with Crippen LogP contribution in [0.25, 0.3) is 0 Å². The van der Waals surface area contributed by atoms with Gasteiger partial charge in [-0.2, -0.15) is 5.26 Å². The maximum Gasteiger partial charge on any atom is 0.236 e. The number of hydrogen-bond acceptors (Lipinski definition) is 3. The summed E-state index contributed by atoms with van der Waals surface area (Å²) in [6.45, 7) is 4.70. The van der Waals surface area contributed by atoms with Gasteiger partial charge in [0, 0.05) is 26.7 Å². The van der Waals surface area contributed by atoms with Crippen LogP contribution in [0.4, 0.5) is 0 Å². The van der Waals surface area contributed by atoms with Gasteiger partial charge in [0.05, 0.1) is 18.5 Å². The van der Waals surface area contributed by atoms with Gasteiger partial charge in [0.2, 0.25) is 5.91 Å². The van der Waals surface area contributed by atoms with E-state index in [1.54, 1.807) is 4.90 Å². The number of rotatable bonds is 2. The highest BCUT2D eigenvalue weighted by molar-refractivity contribution is 5.78. The zero-order valence-electron chi connectivity index (χ0n) is 8.16. The summed E-state index contributed by atoms with van der Waals surface area (Å²) in [5, 5.41) is 8.61. The molecule has 1 saturated heterocycles. The van der Waals surface area contributed by atoms with E-state index in [1.807, 2.05) is 18.9 Å². The van der Waals surface area contributed by atoms with Gasteiger partial charge in [-0.15, -0.1) is 0 Å². The molecule has 0 aromatic carbocycles. The van der Waals surface area contributed by atoms with Gasteiger partial charge in [0.25, 0.3) is 0 Å². The second-order valence-electron chi connectivity index (χ2n) is 3.58. The van der Waals surface area contributed by atoms with E-state index in [0.717, 1.165) is 13.1 Å². The molecule has 0 bridgehead atoms. The number of carbonyl (C=O) groups excluding carboxylic acids is 1. The molecule has 0 aromatic rings. The first kappa shape index (κ1) is 10.0. The van der Waals surface area contributed by atoms with Crippen molar-refractivity contribution in [2.45, 2.75) is 6.92 Å². The molecule has 1 amide bonds. The Balaban J connectivity index is 2.38. The van der Waals surface area contributed by atoms with Crippen LogP contribution >= 0.6 is 0 Å². The summed E-state index contributed by atoms with van der Waals surface area (Å²) >= 11 is 0. The van der Waals surface area contributed by atoms with E-state index in [1.165, 1.54) is 0 Å². The summed E-state index contributed by atoms with van der Waals surface area (Å²) in [5.74, 6) is 0.160. The summed E-state index contributed by atoms with van der Waals surface area (Å²) < 4.78 is 0. The minimum absolute atomic E-state index is 0.0104. The van der Waals surface area contributed by atoms with Crippen molar-refractivity contribution < 1.29 is 4.79 Å². The Morgan fingerprint density at radius 2 is 2.31 bits per heavy atom. The fraction of sp³-hybridized carbons (Fsp3) is 0.778. The maximum atomic E-state index is 11.3. The Bertz CT molecular complexity index is 234. The predicted octanol–water partition coefficient (Wildman–Crippen LogP) is -0.0799. The van der Waals surface area contributed by atoms with Gasteiger partial charge >= 0.3 is 0 Å². The van der Waals surface area contributed by atoms with E-state index in [9.17, 15) is 4.79 Å². The molecule has 1 unspecified atom stereocenters. The molecule has 1 fully saturated rings. The molecule has 0 spiro atoms. The molecule has 1 atom stereocenters. The van der Waals surface area contributed by atoms with Gasteiger partial charge in [-0.25, -0.2) is 0 Å². The van der Waals surface area contributed by atoms with Gasteiger partial charge in [-0.1, -0.05) is 0 Å². The van der Waals surface area contributed by atoms with E-state index in [-0.39, 0.29) is 11.8 Å². The molecule has 0 N–H and O–H groups in total. The second kappa shape index (κ2) is 4.24. The van der Waals surface area contributed by atoms with Gasteiger partial charge in [0.15, 0.2) is 0 Å². The minimum Gasteiger partial charge on any atom is -0.343 e. The van der Waals surface area contributed by atoms with Gasteiger partial charge in [-0.3, -0.25) is 9.69 Å². The molecule has 0 saturated carbocycles. The summed E-state index contributed by atoms with van der Waals surface area (Å²) in [7, 11) is 1.81. The third kappa shape index (κ3) is 2.71. The molecular formula is C9H15N3O. The number of nitrogens with zero attached hydrogens (tertiary/aromatic N) is 3. The highest BCUT2D eigenvalue weighted by Gasteiger charge is 2.21. The lowest BCUT2D eigenvalue weighted by Crippen LogP contribution is -2.49. The molecule has 0 radical (unpaired) electrons. The molecule has 1 aliphatic rings. The fourth-order valence-electron chi connectivity index (χ4n) is 1.39. The highest BCUT2D eigenvalue weighted by atomic mass is 16.2. The summed E-state index contributed by atoms with van der Waals surface area (Å²) in [4.78, 5) is 15.0. The van der Waals surface area contributed by atoms with Gasteiger partial charge in [0.1, 0.15) is 0 Å². The molecule has 1 heterocycles. The number of carbonyl (C=O) groups is 1. The Morgan fingerprint density at radius 3 is 2.85 bits per heavy atom. The van der Waals surface area contributed by atoms with Crippen LogP contribution in [0.5, 0.6) is 0 Å². The molecule has 1 aliphatic heterocycles. The highest BCUT2D eigenvalue weighted by Crippen LogP contribution is 2.04. The van der Waals surface area contributed by atoms with E-state index in [4.69, 9.17) is 5.26 Å². The van der Waals surface area contributed by atoms with Crippen molar-refractivity contribution in [3.63, 3.8) is 0 Å². The van der Waals surface area contributed by atoms with Crippen LogP contribution < -0.4 is 0 Å². The quantitative estimate of drug-likeness (QED) is 0.598. The number of likely N-dealkylation sites (N-methyl/N-ethyl adjacent to an activating group) is 1. The molecule has 0 aliphatic carbocycles. The molecule has 4 heteroatoms. The number of piperazine rings is 1. The Kier molecular flexibility index (Phi) is 3.26. The SMILES string of the molecule is CC(C#N)CN1CCN(C)C(=O)C1. The topological polar surface area (TPSA) is 47.3 Å². The second-order valence-corrected chi connectivity index (χ2v) is 3.58. The Morgan fingerprint density at radius 1 is 1.62 bits per heavy atom. The first-order valence-electron chi connectivity index (χ1n) is 4.49. The Labute approximate surface area is 78.7 Å². The number of amides is 1. The van der Waals surface area contributed by atoms with Crippen molar-refractivity contribution in [2.75, 3.05) is 33.2 Å². The van der Waals surface area contributed by atoms with Crippen molar-refractivity contribution in [1.29, 1.82) is 5.26 Å². The average molecular weight is 181 g/mol. The molecule has 1 rings (SSSR count). The van der Waals surface area contributed by atoms with Crippen molar-refractivity contribution >= 4 is 5.91 Å². The lowest BCUT2D eigenvalue weighted by Gasteiger charge is -2.32. The standard InChI is InChI=1S/C9H15N3O/c1-8(5-10)6-12-4-3-11(2)9(13)7-12/h8H,3-4,6-7H2,1-2H3. The lowest BCUT2D eigenvalue weighted by molar-refractivity contribution is -0.134. The van der Waals surface area contributed by atoms with Crippen molar-refractivity contribution in [1.82, 2.24) is 9.80 Å². The van der Waals surface area contributed by atoms with Crippen LogP contribution in [0.2, 0.25) is 0 Å². The first-order valence-corrected chi connectivity index (χ1v) is 4.49. The summed E-state index contributed by atoms with van der Waals surface area (Å²) in [6, 6.07) is 2.17. The molecule has 72 valence electrons. The summed E-state index contributed by atoms with van der Waals surface area (Å²) in [6.07, 6.45) is 0. The molecule has 0 aromatic heterocycles. The fourth-order valence-corrected chi connectivity index (χ4v) is 1.39. The third-order valence-corrected chi connectivity index (χ3v) is 2.29. The van der Waals surface area contributed by atoms with Gasteiger partial charge < -0.3 is 4.90 Å². The normalized spacial score (nSPS) is 21.3. The maximum absolute atomic E-state index is 11.3. The minimum atomic E-state index is 0.0104. The van der Waals surface area contributed by atoms with Crippen LogP contribution in [0.15, 0.2) is 0 Å². The lowest BCUT2D eigenvalue weighted by atomic mass is 10.2. The van der Waals surface area contributed by atoms with Crippen molar-refractivity contribution in [3.05, 3.63) is 0 Å². The molecular weight excluding hydrogens is 166 g/mol. The largest absolute Gasteiger partial charge is 0.343 e. The first-order chi connectivity index (χ1) is 6.13. The van der Waals surface area contributed by atoms with E-state index >= 15 is 0 Å². The van der Waals surface area contributed by atoms with E-state index < -0.39 is 0 Å². The van der Waals surface area contributed by atoms with E-state index in [0.29, 0.717) is 13.1 Å². The number of nitriles is 1. The monoisotopic (exact) mass is 181 g/mol. The van der Waals surface area contributed by atoms with Crippen molar-refractivity contribution in [3.8, 4) is 6.07 Å².